The molecule has 37 heavy (non-hydrogen) atoms. The Morgan fingerprint density at radius 2 is 1.81 bits per heavy atom. The van der Waals surface area contributed by atoms with E-state index in [9.17, 15) is 19.2 Å². The lowest BCUT2D eigenvalue weighted by Gasteiger charge is -2.32. The molecule has 0 bridgehead atoms. The van der Waals surface area contributed by atoms with Crippen molar-refractivity contribution in [2.75, 3.05) is 25.9 Å². The molecule has 6 rings (SSSR count). The van der Waals surface area contributed by atoms with Gasteiger partial charge in [-0.2, -0.15) is 5.01 Å². The molecule has 1 aromatic carbocycles. The predicted octanol–water partition coefficient (Wildman–Crippen LogP) is 3.25. The number of nitrogens with zero attached hydrogens (tertiary/aromatic N) is 5. The number of thiophene rings is 1. The van der Waals surface area contributed by atoms with E-state index in [1.807, 2.05) is 12.3 Å². The van der Waals surface area contributed by atoms with Gasteiger partial charge in [0.25, 0.3) is 11.8 Å². The van der Waals surface area contributed by atoms with Gasteiger partial charge >= 0.3 is 6.03 Å². The number of amides is 5. The number of imide groups is 2. The molecule has 0 aliphatic carbocycles. The third-order valence-corrected chi connectivity index (χ3v) is 8.45. The van der Waals surface area contributed by atoms with E-state index in [4.69, 9.17) is 4.98 Å². The van der Waals surface area contributed by atoms with Gasteiger partial charge < -0.3 is 0 Å². The number of benzene rings is 1. The summed E-state index contributed by atoms with van der Waals surface area (Å²) in [5.74, 6) is -1.14. The molecule has 12 heteroatoms. The zero-order valence-corrected chi connectivity index (χ0v) is 21.7. The van der Waals surface area contributed by atoms with Crippen LogP contribution in [0.1, 0.15) is 57.2 Å². The summed E-state index contributed by atoms with van der Waals surface area (Å²) in [6, 6.07) is 6.62. The lowest BCUT2D eigenvalue weighted by Crippen LogP contribution is -2.58. The maximum atomic E-state index is 13.1. The number of likely N-dealkylation sites (tertiary alicyclic amines) is 1. The van der Waals surface area contributed by atoms with E-state index in [-0.39, 0.29) is 24.1 Å². The summed E-state index contributed by atoms with van der Waals surface area (Å²) < 4.78 is 0. The number of hydrogen-bond donors (Lipinski definition) is 1. The summed E-state index contributed by atoms with van der Waals surface area (Å²) in [6.45, 7) is 2.44. The Bertz CT molecular complexity index is 1450. The number of aromatic nitrogens is 2. The van der Waals surface area contributed by atoms with Crippen LogP contribution in [0.3, 0.4) is 0 Å². The fourth-order valence-electron chi connectivity index (χ4n) is 5.22. The summed E-state index contributed by atoms with van der Waals surface area (Å²) in [5.41, 5.74) is 2.63. The van der Waals surface area contributed by atoms with E-state index < -0.39 is 23.8 Å². The second kappa shape index (κ2) is 9.51. The predicted molar refractivity (Wildman–Crippen MR) is 138 cm³/mol. The molecule has 3 aliphatic heterocycles. The first-order chi connectivity index (χ1) is 17.9. The molecule has 5 amide bonds. The molecule has 0 unspecified atom stereocenters. The molecule has 2 saturated heterocycles. The molecule has 2 fully saturated rings. The van der Waals surface area contributed by atoms with Gasteiger partial charge in [-0.25, -0.2) is 19.8 Å². The van der Waals surface area contributed by atoms with Crippen molar-refractivity contribution in [3.8, 4) is 0 Å². The molecule has 0 spiro atoms. The molecule has 1 N–H and O–H groups in total. The molecular formula is C25H24N6O4S2. The topological polar surface area (TPSA) is 116 Å². The average Bonchev–Trinajstić information content (AvgIpc) is 3.47. The molecular weight excluding hydrogens is 512 g/mol. The fourth-order valence-corrected chi connectivity index (χ4v) is 6.42. The third kappa shape index (κ3) is 4.28. The second-order valence-corrected chi connectivity index (χ2v) is 11.0. The van der Waals surface area contributed by atoms with Crippen LogP contribution >= 0.6 is 23.1 Å². The van der Waals surface area contributed by atoms with Gasteiger partial charge in [-0.1, -0.05) is 17.8 Å². The monoisotopic (exact) mass is 536 g/mol. The first-order valence-electron chi connectivity index (χ1n) is 12.1. The molecule has 0 radical (unpaired) electrons. The van der Waals surface area contributed by atoms with Crippen molar-refractivity contribution in [3.05, 3.63) is 52.0 Å². The van der Waals surface area contributed by atoms with Crippen LogP contribution in [-0.4, -0.2) is 74.5 Å². The Morgan fingerprint density at radius 3 is 2.57 bits per heavy atom. The molecule has 2 aromatic heterocycles. The Kier molecular flexibility index (Phi) is 6.17. The van der Waals surface area contributed by atoms with Crippen LogP contribution in [0.4, 0.5) is 4.79 Å². The summed E-state index contributed by atoms with van der Waals surface area (Å²) >= 11 is 3.21. The fraction of sp³-hybridized carbons (Fsp3) is 0.360. The number of nitrogens with one attached hydrogen (secondary N) is 1. The lowest BCUT2D eigenvalue weighted by molar-refractivity contribution is -0.122. The van der Waals surface area contributed by atoms with Gasteiger partial charge in [0.1, 0.15) is 4.83 Å². The van der Waals surface area contributed by atoms with Gasteiger partial charge in [0.2, 0.25) is 5.91 Å². The quantitative estimate of drug-likeness (QED) is 0.300. The molecule has 190 valence electrons. The zero-order valence-electron chi connectivity index (χ0n) is 20.1. The van der Waals surface area contributed by atoms with Crippen LogP contribution in [0.15, 0.2) is 34.8 Å². The molecule has 10 nitrogen and oxygen atoms in total. The van der Waals surface area contributed by atoms with Gasteiger partial charge in [-0.15, -0.1) is 11.3 Å². The van der Waals surface area contributed by atoms with Crippen molar-refractivity contribution in [1.29, 1.82) is 0 Å². The van der Waals surface area contributed by atoms with Gasteiger partial charge in [-0.05, 0) is 61.3 Å². The van der Waals surface area contributed by atoms with Crippen LogP contribution in [0.5, 0.6) is 0 Å². The Morgan fingerprint density at radius 1 is 1.03 bits per heavy atom. The van der Waals surface area contributed by atoms with Crippen molar-refractivity contribution in [1.82, 2.24) is 30.2 Å². The van der Waals surface area contributed by atoms with Crippen molar-refractivity contribution in [2.45, 2.75) is 36.9 Å². The van der Waals surface area contributed by atoms with Gasteiger partial charge in [0.05, 0.1) is 23.4 Å². The molecule has 3 aliphatic rings. The number of hydrogen-bond acceptors (Lipinski definition) is 9. The van der Waals surface area contributed by atoms with Crippen LogP contribution < -0.4 is 5.32 Å². The number of thioether (sulfide) groups is 1. The van der Waals surface area contributed by atoms with E-state index in [1.165, 1.54) is 0 Å². The Labute approximate surface area is 221 Å². The number of hydrazine groups is 1. The highest BCUT2D eigenvalue weighted by atomic mass is 32.2. The number of fused-ring (bicyclic) bond motifs is 2. The molecule has 0 atom stereocenters. The van der Waals surface area contributed by atoms with E-state index in [0.717, 1.165) is 62.6 Å². The third-order valence-electron chi connectivity index (χ3n) is 7.10. The van der Waals surface area contributed by atoms with Gasteiger partial charge in [-0.3, -0.25) is 24.6 Å². The summed E-state index contributed by atoms with van der Waals surface area (Å²) in [7, 11) is 0. The van der Waals surface area contributed by atoms with Crippen LogP contribution in [-0.2, 0) is 11.3 Å². The highest BCUT2D eigenvalue weighted by molar-refractivity contribution is 7.98. The van der Waals surface area contributed by atoms with E-state index >= 15 is 0 Å². The van der Waals surface area contributed by atoms with Crippen LogP contribution in [0, 0.1) is 0 Å². The molecule has 5 heterocycles. The minimum Gasteiger partial charge on any atom is -0.299 e. The number of carbonyl (C=O) groups is 4. The van der Waals surface area contributed by atoms with Crippen molar-refractivity contribution < 1.29 is 19.2 Å². The standard InChI is InChI=1S/C25H24N6O4S2/c1-36-24-27-20(17-7-11-37-21(17)28-24)15-4-8-29(9-5-15)13-14-2-3-16-18(12-14)23(34)31(22(16)33)30-10-6-19(32)26-25(30)35/h2-3,7,11-12,15H,4-6,8-10,13H2,1H3,(H,26,32,35). The van der Waals surface area contributed by atoms with Gasteiger partial charge in [0.15, 0.2) is 5.16 Å². The average molecular weight is 537 g/mol. The number of urea groups is 1. The van der Waals surface area contributed by atoms with Crippen molar-refractivity contribution in [2.24, 2.45) is 0 Å². The molecule has 3 aromatic rings. The number of carbonyl (C=O) groups excluding carboxylic acids is 4. The maximum absolute atomic E-state index is 13.1. The summed E-state index contributed by atoms with van der Waals surface area (Å²) in [6.07, 6.45) is 3.99. The highest BCUT2D eigenvalue weighted by Crippen LogP contribution is 2.35. The van der Waals surface area contributed by atoms with Crippen molar-refractivity contribution >= 4 is 57.1 Å². The number of piperidine rings is 1. The smallest absolute Gasteiger partial charge is 0.299 e. The van der Waals surface area contributed by atoms with Crippen LogP contribution in [0.25, 0.3) is 10.2 Å². The van der Waals surface area contributed by atoms with Crippen molar-refractivity contribution in [3.63, 3.8) is 0 Å². The minimum atomic E-state index is -0.762. The normalized spacial score (nSPS) is 19.2. The Hall–Kier alpha value is -3.35. The largest absolute Gasteiger partial charge is 0.343 e. The second-order valence-electron chi connectivity index (χ2n) is 9.31. The lowest BCUT2D eigenvalue weighted by atomic mass is 9.91. The van der Waals surface area contributed by atoms with E-state index in [0.29, 0.717) is 12.5 Å². The number of rotatable bonds is 5. The first kappa shape index (κ1) is 24.0. The maximum Gasteiger partial charge on any atom is 0.343 e. The SMILES string of the molecule is CSc1nc(C2CCN(Cc3ccc4c(c3)C(=O)N(N3CCC(=O)NC3=O)C4=O)CC2)c2ccsc2n1. The molecule has 0 saturated carbocycles. The zero-order chi connectivity index (χ0) is 25.7. The highest BCUT2D eigenvalue weighted by Gasteiger charge is 2.43. The van der Waals surface area contributed by atoms with E-state index in [1.54, 1.807) is 35.2 Å². The van der Waals surface area contributed by atoms with Gasteiger partial charge in [0, 0.05) is 24.3 Å². The first-order valence-corrected chi connectivity index (χ1v) is 14.2. The Balaban J connectivity index is 1.14. The summed E-state index contributed by atoms with van der Waals surface area (Å²) in [4.78, 5) is 62.5. The summed E-state index contributed by atoms with van der Waals surface area (Å²) in [5, 5.41) is 8.05. The van der Waals surface area contributed by atoms with Crippen LogP contribution in [0.2, 0.25) is 0 Å². The van der Waals surface area contributed by atoms with E-state index in [2.05, 4.69) is 26.6 Å². The minimum absolute atomic E-state index is 0.0135.